The van der Waals surface area contributed by atoms with Crippen LogP contribution in [0.1, 0.15) is 35.2 Å². The fourth-order valence-electron chi connectivity index (χ4n) is 5.05. The lowest BCUT2D eigenvalue weighted by Crippen LogP contribution is -2.29. The van der Waals surface area contributed by atoms with Crippen molar-refractivity contribution in [3.63, 3.8) is 0 Å². The van der Waals surface area contributed by atoms with E-state index in [1.165, 1.54) is 41.2 Å². The summed E-state index contributed by atoms with van der Waals surface area (Å²) in [5.41, 5.74) is 2.70. The maximum Gasteiger partial charge on any atom is 0.301 e. The number of aliphatic hydroxyl groups excluding tert-OH is 1. The van der Waals surface area contributed by atoms with Crippen LogP contribution >= 0.6 is 39.0 Å². The summed E-state index contributed by atoms with van der Waals surface area (Å²) in [7, 11) is 1.40. The predicted molar refractivity (Wildman–Crippen MR) is 163 cm³/mol. The van der Waals surface area contributed by atoms with Crippen molar-refractivity contribution < 1.29 is 29.3 Å². The van der Waals surface area contributed by atoms with Gasteiger partial charge in [-0.3, -0.25) is 14.5 Å². The van der Waals surface area contributed by atoms with Gasteiger partial charge in [0.2, 0.25) is 5.13 Å². The number of aromatic hydroxyl groups is 1. The molecule has 42 heavy (non-hydrogen) atoms. The van der Waals surface area contributed by atoms with E-state index in [2.05, 4.69) is 26.1 Å². The van der Waals surface area contributed by atoms with E-state index >= 15 is 0 Å². The van der Waals surface area contributed by atoms with Gasteiger partial charge >= 0.3 is 5.91 Å². The molecule has 9 nitrogen and oxygen atoms in total. The molecule has 2 aliphatic rings. The smallest absolute Gasteiger partial charge is 0.301 e. The van der Waals surface area contributed by atoms with E-state index in [4.69, 9.17) is 9.47 Å². The van der Waals surface area contributed by atoms with Crippen LogP contribution in [-0.2, 0) is 21.8 Å². The molecule has 3 heterocycles. The standard InChI is InChI=1S/C30H24BrN3O6S2/c1-15-10-18-11-17(8-9-21(18)40-15)25(35)23-24(19-12-20(31)26(36)22(13-19)39-2)34(28(38)27(23)37)29-32-33-30(42-29)41-14-16-6-4-3-5-7-16/h3-9,11-13,15,24,35-36H,10,14H2,1-2H3/b25-23+. The molecule has 3 aromatic carbocycles. The first-order chi connectivity index (χ1) is 20.2. The van der Waals surface area contributed by atoms with Gasteiger partial charge in [-0.2, -0.15) is 0 Å². The summed E-state index contributed by atoms with van der Waals surface area (Å²) in [5, 5.41) is 30.8. The largest absolute Gasteiger partial charge is 0.507 e. The number of aliphatic hydroxyl groups is 1. The van der Waals surface area contributed by atoms with E-state index in [0.717, 1.165) is 16.9 Å². The highest BCUT2D eigenvalue weighted by Crippen LogP contribution is 2.47. The van der Waals surface area contributed by atoms with Crippen LogP contribution in [0.5, 0.6) is 17.2 Å². The number of phenols is 1. The van der Waals surface area contributed by atoms with Crippen molar-refractivity contribution in [3.05, 3.63) is 93.0 Å². The number of benzene rings is 3. The molecule has 2 unspecified atom stereocenters. The van der Waals surface area contributed by atoms with Gasteiger partial charge in [0.1, 0.15) is 17.6 Å². The van der Waals surface area contributed by atoms with Crippen molar-refractivity contribution in [1.82, 2.24) is 10.2 Å². The number of carbonyl (C=O) groups excluding carboxylic acids is 2. The van der Waals surface area contributed by atoms with Crippen LogP contribution in [0, 0.1) is 0 Å². The first-order valence-electron chi connectivity index (χ1n) is 12.9. The van der Waals surface area contributed by atoms with E-state index in [9.17, 15) is 19.8 Å². The van der Waals surface area contributed by atoms with E-state index in [0.29, 0.717) is 32.1 Å². The zero-order chi connectivity index (χ0) is 29.5. The molecule has 2 atom stereocenters. The molecule has 1 saturated heterocycles. The highest BCUT2D eigenvalue weighted by molar-refractivity contribution is 9.10. The Labute approximate surface area is 257 Å². The van der Waals surface area contributed by atoms with Gasteiger partial charge in [0.25, 0.3) is 5.78 Å². The Kier molecular flexibility index (Phi) is 7.69. The molecule has 0 aliphatic carbocycles. The monoisotopic (exact) mass is 665 g/mol. The number of nitrogens with zero attached hydrogens (tertiary/aromatic N) is 3. The van der Waals surface area contributed by atoms with Gasteiger partial charge < -0.3 is 19.7 Å². The number of phenolic OH excluding ortho intramolecular Hbond substituents is 1. The third-order valence-electron chi connectivity index (χ3n) is 7.01. The number of amides is 1. The number of hydrogen-bond acceptors (Lipinski definition) is 10. The normalized spacial score (nSPS) is 19.2. The molecule has 214 valence electrons. The van der Waals surface area contributed by atoms with E-state index in [1.807, 2.05) is 37.3 Å². The van der Waals surface area contributed by atoms with Gasteiger partial charge in [-0.05, 0) is 69.9 Å². The second-order valence-electron chi connectivity index (χ2n) is 9.80. The fourth-order valence-corrected chi connectivity index (χ4v) is 7.34. The van der Waals surface area contributed by atoms with Crippen molar-refractivity contribution in [1.29, 1.82) is 0 Å². The first-order valence-corrected chi connectivity index (χ1v) is 15.5. The van der Waals surface area contributed by atoms with Crippen molar-refractivity contribution in [3.8, 4) is 17.2 Å². The van der Waals surface area contributed by atoms with Crippen LogP contribution in [0.3, 0.4) is 0 Å². The maximum absolute atomic E-state index is 13.6. The van der Waals surface area contributed by atoms with Gasteiger partial charge in [-0.15, -0.1) is 10.2 Å². The summed E-state index contributed by atoms with van der Waals surface area (Å²) in [5.74, 6) is -0.669. The molecule has 0 bridgehead atoms. The number of carbonyl (C=O) groups is 2. The summed E-state index contributed by atoms with van der Waals surface area (Å²) < 4.78 is 12.0. The van der Waals surface area contributed by atoms with Crippen LogP contribution in [0.2, 0.25) is 0 Å². The Morgan fingerprint density at radius 3 is 2.71 bits per heavy atom. The minimum absolute atomic E-state index is 0.00357. The van der Waals surface area contributed by atoms with Crippen molar-refractivity contribution in [2.75, 3.05) is 12.0 Å². The van der Waals surface area contributed by atoms with Crippen molar-refractivity contribution in [2.24, 2.45) is 0 Å². The molecule has 1 amide bonds. The van der Waals surface area contributed by atoms with E-state index in [-0.39, 0.29) is 34.1 Å². The zero-order valence-electron chi connectivity index (χ0n) is 22.4. The summed E-state index contributed by atoms with van der Waals surface area (Å²) >= 11 is 5.98. The Morgan fingerprint density at radius 2 is 1.95 bits per heavy atom. The third-order valence-corrected chi connectivity index (χ3v) is 9.74. The molecule has 1 fully saturated rings. The molecule has 4 aromatic rings. The molecule has 12 heteroatoms. The number of methoxy groups -OCH3 is 1. The highest BCUT2D eigenvalue weighted by atomic mass is 79.9. The number of ketones is 1. The number of anilines is 1. The van der Waals surface area contributed by atoms with Crippen LogP contribution in [0.15, 0.2) is 75.0 Å². The van der Waals surface area contributed by atoms with Gasteiger partial charge in [0, 0.05) is 17.7 Å². The Bertz CT molecular complexity index is 1740. The minimum atomic E-state index is -1.07. The predicted octanol–water partition coefficient (Wildman–Crippen LogP) is 6.26. The highest BCUT2D eigenvalue weighted by Gasteiger charge is 2.49. The number of fused-ring (bicyclic) bond motifs is 1. The fraction of sp³-hybridized carbons (Fsp3) is 0.200. The number of rotatable bonds is 7. The Hall–Kier alpha value is -3.87. The number of halogens is 1. The Balaban J connectivity index is 1.45. The van der Waals surface area contributed by atoms with Gasteiger partial charge in [-0.1, -0.05) is 53.4 Å². The molecule has 1 aromatic heterocycles. The second-order valence-corrected chi connectivity index (χ2v) is 12.8. The SMILES string of the molecule is COc1cc(C2/C(=C(\O)c3ccc4c(c3)CC(C)O4)C(=O)C(=O)N2c2nnc(SCc3ccccc3)s2)cc(Br)c1O. The van der Waals surface area contributed by atoms with Crippen LogP contribution < -0.4 is 14.4 Å². The van der Waals surface area contributed by atoms with E-state index < -0.39 is 17.7 Å². The molecule has 6 rings (SSSR count). The summed E-state index contributed by atoms with van der Waals surface area (Å²) in [4.78, 5) is 28.5. The van der Waals surface area contributed by atoms with Gasteiger partial charge in [0.15, 0.2) is 15.8 Å². The molecule has 2 N–H and O–H groups in total. The lowest BCUT2D eigenvalue weighted by Gasteiger charge is -2.23. The molecular formula is C30H24BrN3O6S2. The number of ether oxygens (including phenoxy) is 2. The Morgan fingerprint density at radius 1 is 1.17 bits per heavy atom. The number of aromatic nitrogens is 2. The summed E-state index contributed by atoms with van der Waals surface area (Å²) in [6.07, 6.45) is 0.654. The van der Waals surface area contributed by atoms with Crippen molar-refractivity contribution in [2.45, 2.75) is 35.6 Å². The van der Waals surface area contributed by atoms with Crippen LogP contribution in [0.25, 0.3) is 5.76 Å². The van der Waals surface area contributed by atoms with Gasteiger partial charge in [0.05, 0.1) is 23.2 Å². The molecule has 2 aliphatic heterocycles. The zero-order valence-corrected chi connectivity index (χ0v) is 25.6. The maximum atomic E-state index is 13.6. The third kappa shape index (κ3) is 5.14. The molecule has 0 saturated carbocycles. The number of hydrogen-bond donors (Lipinski definition) is 2. The molecule has 0 spiro atoms. The summed E-state index contributed by atoms with van der Waals surface area (Å²) in [6, 6.07) is 17.1. The second kappa shape index (κ2) is 11.4. The average Bonchev–Trinajstić information content (AvgIpc) is 3.68. The first kappa shape index (κ1) is 28.3. The topological polar surface area (TPSA) is 122 Å². The minimum Gasteiger partial charge on any atom is -0.507 e. The van der Waals surface area contributed by atoms with Crippen LogP contribution in [-0.4, -0.2) is 45.3 Å². The molecular weight excluding hydrogens is 642 g/mol. The lowest BCUT2D eigenvalue weighted by atomic mass is 9.94. The molecule has 0 radical (unpaired) electrons. The quantitative estimate of drug-likeness (QED) is 0.0775. The lowest BCUT2D eigenvalue weighted by molar-refractivity contribution is -0.132. The van der Waals surface area contributed by atoms with Gasteiger partial charge in [-0.25, -0.2) is 0 Å². The summed E-state index contributed by atoms with van der Waals surface area (Å²) in [6.45, 7) is 1.95. The van der Waals surface area contributed by atoms with Crippen LogP contribution in [0.4, 0.5) is 5.13 Å². The number of thioether (sulfide) groups is 1. The van der Waals surface area contributed by atoms with Crippen molar-refractivity contribution >= 4 is 61.6 Å². The van der Waals surface area contributed by atoms with E-state index in [1.54, 1.807) is 24.3 Å². The number of Topliss-reactive ketones (excluding diaryl/α,β-unsaturated/α-hetero) is 1. The average molecular weight is 667 g/mol.